The van der Waals surface area contributed by atoms with Crippen molar-refractivity contribution < 1.29 is 18.0 Å². The first-order chi connectivity index (χ1) is 9.20. The van der Waals surface area contributed by atoms with Crippen molar-refractivity contribution in [2.24, 2.45) is 0 Å². The van der Waals surface area contributed by atoms with Gasteiger partial charge >= 0.3 is 6.18 Å². The van der Waals surface area contributed by atoms with Crippen LogP contribution in [-0.2, 0) is 6.18 Å². The summed E-state index contributed by atoms with van der Waals surface area (Å²) in [4.78, 5) is 13.8. The summed E-state index contributed by atoms with van der Waals surface area (Å²) in [6.07, 6.45) is -4.64. The first kappa shape index (κ1) is 16.8. The first-order valence-electron chi connectivity index (χ1n) is 6.12. The average Bonchev–Trinajstić information content (AvgIpc) is 2.37. The van der Waals surface area contributed by atoms with Crippen LogP contribution >= 0.6 is 11.6 Å². The van der Waals surface area contributed by atoms with Crippen LogP contribution in [0.1, 0.15) is 29.8 Å². The molecular weight excluding hydrogens is 293 g/mol. The van der Waals surface area contributed by atoms with E-state index in [9.17, 15) is 18.0 Å². The van der Waals surface area contributed by atoms with Crippen molar-refractivity contribution in [3.63, 3.8) is 0 Å². The Labute approximate surface area is 120 Å². The molecule has 0 unspecified atom stereocenters. The number of likely N-dealkylation sites (N-methyl/N-ethyl adjacent to an activating group) is 1. The van der Waals surface area contributed by atoms with Crippen LogP contribution in [0.2, 0.25) is 5.02 Å². The number of ketones is 1. The third-order valence-electron chi connectivity index (χ3n) is 3.02. The molecule has 1 aromatic carbocycles. The van der Waals surface area contributed by atoms with Gasteiger partial charge < -0.3 is 5.73 Å². The van der Waals surface area contributed by atoms with Crippen LogP contribution in [0.5, 0.6) is 0 Å². The number of hydrogen-bond acceptors (Lipinski definition) is 3. The number of nitrogens with zero attached hydrogens (tertiary/aromatic N) is 1. The molecule has 0 saturated heterocycles. The molecule has 2 N–H and O–H groups in total. The fourth-order valence-electron chi connectivity index (χ4n) is 1.75. The predicted molar refractivity (Wildman–Crippen MR) is 73.0 cm³/mol. The van der Waals surface area contributed by atoms with Gasteiger partial charge in [-0.2, -0.15) is 13.2 Å². The second kappa shape index (κ2) is 6.45. The molecule has 0 aliphatic carbocycles. The summed E-state index contributed by atoms with van der Waals surface area (Å²) in [6, 6.07) is 1.94. The molecule has 112 valence electrons. The third-order valence-corrected chi connectivity index (χ3v) is 3.33. The van der Waals surface area contributed by atoms with Crippen LogP contribution in [0.4, 0.5) is 18.9 Å². The molecule has 3 nitrogen and oxygen atoms in total. The highest BCUT2D eigenvalue weighted by molar-refractivity contribution is 6.33. The first-order valence-corrected chi connectivity index (χ1v) is 6.50. The summed E-state index contributed by atoms with van der Waals surface area (Å²) in [5, 5.41) is -0.261. The molecule has 20 heavy (non-hydrogen) atoms. The molecule has 0 spiro atoms. The number of carbonyl (C=O) groups is 1. The second-order valence-corrected chi connectivity index (χ2v) is 4.71. The maximum Gasteiger partial charge on any atom is 0.418 e. The minimum Gasteiger partial charge on any atom is -0.397 e. The number of alkyl halides is 3. The quantitative estimate of drug-likeness (QED) is 0.669. The Hall–Kier alpha value is -1.27. The summed E-state index contributed by atoms with van der Waals surface area (Å²) in [6.45, 7) is 5.06. The standard InChI is InChI=1S/C13H16ClF3N2O/c1-3-19(4-2)7-11(20)8-5-9(13(15,16)17)12(18)10(14)6-8/h5-6H,3-4,7,18H2,1-2H3. The Morgan fingerprint density at radius 2 is 1.85 bits per heavy atom. The lowest BCUT2D eigenvalue weighted by molar-refractivity contribution is -0.136. The number of anilines is 1. The topological polar surface area (TPSA) is 46.3 Å². The minimum atomic E-state index is -4.64. The van der Waals surface area contributed by atoms with Gasteiger partial charge in [0.25, 0.3) is 0 Å². The van der Waals surface area contributed by atoms with Crippen molar-refractivity contribution in [3.8, 4) is 0 Å². The second-order valence-electron chi connectivity index (χ2n) is 4.30. The van der Waals surface area contributed by atoms with Gasteiger partial charge in [0.2, 0.25) is 0 Å². The molecule has 1 rings (SSSR count). The molecule has 0 aliphatic rings. The lowest BCUT2D eigenvalue weighted by atomic mass is 10.0. The van der Waals surface area contributed by atoms with Crippen LogP contribution in [-0.4, -0.2) is 30.3 Å². The fraction of sp³-hybridized carbons (Fsp3) is 0.462. The number of carbonyl (C=O) groups excluding carboxylic acids is 1. The summed E-state index contributed by atoms with van der Waals surface area (Å²) in [5.41, 5.74) is 3.60. The molecule has 0 aromatic heterocycles. The average molecular weight is 309 g/mol. The van der Waals surface area contributed by atoms with E-state index in [1.807, 2.05) is 13.8 Å². The van der Waals surface area contributed by atoms with Gasteiger partial charge in [-0.15, -0.1) is 0 Å². The lowest BCUT2D eigenvalue weighted by Crippen LogP contribution is -2.29. The van der Waals surface area contributed by atoms with E-state index in [4.69, 9.17) is 17.3 Å². The molecule has 0 saturated carbocycles. The summed E-state index contributed by atoms with van der Waals surface area (Å²) in [5.74, 6) is -0.416. The Balaban J connectivity index is 3.14. The molecule has 0 amide bonds. The summed E-state index contributed by atoms with van der Waals surface area (Å²) < 4.78 is 38.4. The smallest absolute Gasteiger partial charge is 0.397 e. The van der Waals surface area contributed by atoms with E-state index in [0.717, 1.165) is 6.07 Å². The van der Waals surface area contributed by atoms with Crippen LogP contribution < -0.4 is 5.73 Å². The van der Waals surface area contributed by atoms with Gasteiger partial charge in [0.1, 0.15) is 0 Å². The number of Topliss-reactive ketones (excluding diaryl/α,β-unsaturated/α-hetero) is 1. The van der Waals surface area contributed by atoms with Crippen LogP contribution in [0.3, 0.4) is 0 Å². The van der Waals surface area contributed by atoms with Gasteiger partial charge in [-0.3, -0.25) is 9.69 Å². The molecule has 0 atom stereocenters. The molecule has 0 heterocycles. The van der Waals surface area contributed by atoms with Gasteiger partial charge in [0.05, 0.1) is 22.8 Å². The highest BCUT2D eigenvalue weighted by Crippen LogP contribution is 2.37. The number of nitrogen functional groups attached to an aromatic ring is 1. The number of nitrogens with two attached hydrogens (primary N) is 1. The van der Waals surface area contributed by atoms with Crippen molar-refractivity contribution in [1.29, 1.82) is 0 Å². The zero-order chi connectivity index (χ0) is 15.5. The van der Waals surface area contributed by atoms with Gasteiger partial charge in [0.15, 0.2) is 5.78 Å². The van der Waals surface area contributed by atoms with Crippen LogP contribution in [0.15, 0.2) is 12.1 Å². The van der Waals surface area contributed by atoms with Crippen molar-refractivity contribution in [2.75, 3.05) is 25.4 Å². The van der Waals surface area contributed by atoms with Gasteiger partial charge in [-0.05, 0) is 25.2 Å². The van der Waals surface area contributed by atoms with Crippen molar-refractivity contribution >= 4 is 23.1 Å². The predicted octanol–water partition coefficient (Wildman–Crippen LogP) is 3.47. The van der Waals surface area contributed by atoms with E-state index < -0.39 is 23.2 Å². The normalized spacial score (nSPS) is 11.9. The van der Waals surface area contributed by atoms with E-state index in [1.54, 1.807) is 4.90 Å². The summed E-state index contributed by atoms with van der Waals surface area (Å²) in [7, 11) is 0. The van der Waals surface area contributed by atoms with Gasteiger partial charge in [-0.25, -0.2) is 0 Å². The Bertz CT molecular complexity index is 499. The van der Waals surface area contributed by atoms with Gasteiger partial charge in [-0.1, -0.05) is 25.4 Å². The maximum absolute atomic E-state index is 12.8. The zero-order valence-corrected chi connectivity index (χ0v) is 12.0. The molecule has 1 aromatic rings. The number of benzene rings is 1. The van der Waals surface area contributed by atoms with Crippen molar-refractivity contribution in [2.45, 2.75) is 20.0 Å². The molecular formula is C13H16ClF3N2O. The van der Waals surface area contributed by atoms with E-state index in [-0.39, 0.29) is 17.1 Å². The van der Waals surface area contributed by atoms with Crippen molar-refractivity contribution in [1.82, 2.24) is 4.90 Å². The number of rotatable bonds is 5. The van der Waals surface area contributed by atoms with Crippen molar-refractivity contribution in [3.05, 3.63) is 28.3 Å². The molecule has 7 heteroatoms. The Morgan fingerprint density at radius 1 is 1.30 bits per heavy atom. The Morgan fingerprint density at radius 3 is 2.30 bits per heavy atom. The molecule has 0 bridgehead atoms. The zero-order valence-electron chi connectivity index (χ0n) is 11.2. The monoisotopic (exact) mass is 308 g/mol. The number of halogens is 4. The van der Waals surface area contributed by atoms with Crippen LogP contribution in [0, 0.1) is 0 Å². The molecule has 0 radical (unpaired) electrons. The Kier molecular flexibility index (Phi) is 5.42. The summed E-state index contributed by atoms with van der Waals surface area (Å²) >= 11 is 5.68. The van der Waals surface area contributed by atoms with E-state index in [0.29, 0.717) is 13.1 Å². The highest BCUT2D eigenvalue weighted by atomic mass is 35.5. The van der Waals surface area contributed by atoms with E-state index in [2.05, 4.69) is 0 Å². The van der Waals surface area contributed by atoms with E-state index >= 15 is 0 Å². The fourth-order valence-corrected chi connectivity index (χ4v) is 1.97. The SMILES string of the molecule is CCN(CC)CC(=O)c1cc(Cl)c(N)c(C(F)(F)F)c1. The number of hydrogen-bond donors (Lipinski definition) is 1. The van der Waals surface area contributed by atoms with Gasteiger partial charge in [0, 0.05) is 5.56 Å². The highest BCUT2D eigenvalue weighted by Gasteiger charge is 2.34. The molecule has 0 fully saturated rings. The minimum absolute atomic E-state index is 0.0462. The molecule has 0 aliphatic heterocycles. The van der Waals surface area contributed by atoms with E-state index in [1.165, 1.54) is 6.07 Å². The van der Waals surface area contributed by atoms with Crippen LogP contribution in [0.25, 0.3) is 0 Å². The largest absolute Gasteiger partial charge is 0.418 e. The third kappa shape index (κ3) is 3.86. The lowest BCUT2D eigenvalue weighted by Gasteiger charge is -2.18. The maximum atomic E-state index is 12.8.